The van der Waals surface area contributed by atoms with Crippen LogP contribution in [0, 0.1) is 19.7 Å². The highest BCUT2D eigenvalue weighted by Gasteiger charge is 2.31. The van der Waals surface area contributed by atoms with Gasteiger partial charge in [0.05, 0.1) is 6.04 Å². The summed E-state index contributed by atoms with van der Waals surface area (Å²) in [6.07, 6.45) is 0.191. The van der Waals surface area contributed by atoms with Crippen molar-refractivity contribution in [3.8, 4) is 0 Å². The minimum atomic E-state index is -0.394. The molecule has 1 saturated heterocycles. The molecule has 2 aromatic rings. The van der Waals surface area contributed by atoms with Gasteiger partial charge in [0, 0.05) is 24.3 Å². The highest BCUT2D eigenvalue weighted by molar-refractivity contribution is 5.97. The summed E-state index contributed by atoms with van der Waals surface area (Å²) in [7, 11) is 0. The average Bonchev–Trinajstić information content (AvgIpc) is 2.90. The van der Waals surface area contributed by atoms with E-state index in [-0.39, 0.29) is 24.4 Å². The number of hydrogen-bond donors (Lipinski definition) is 2. The Labute approximate surface area is 145 Å². The SMILES string of the molecule is Cc1ccc(NC(=O)NC2CC(=O)N(c3cccc(F)c3)C2)c(C)c1. The lowest BCUT2D eigenvalue weighted by Crippen LogP contribution is -2.39. The molecule has 0 bridgehead atoms. The van der Waals surface area contributed by atoms with Crippen molar-refractivity contribution < 1.29 is 14.0 Å². The summed E-state index contributed by atoms with van der Waals surface area (Å²) >= 11 is 0. The normalized spacial score (nSPS) is 16.8. The van der Waals surface area contributed by atoms with Crippen molar-refractivity contribution in [1.29, 1.82) is 0 Å². The maximum atomic E-state index is 13.3. The van der Waals surface area contributed by atoms with E-state index in [0.717, 1.165) is 16.8 Å². The van der Waals surface area contributed by atoms with Crippen LogP contribution in [0.3, 0.4) is 0 Å². The Hall–Kier alpha value is -2.89. The standard InChI is InChI=1S/C19H20FN3O2/c1-12-6-7-17(13(2)8-12)22-19(25)21-15-10-18(24)23(11-15)16-5-3-4-14(20)9-16/h3-9,15H,10-11H2,1-2H3,(H2,21,22,25). The zero-order valence-electron chi connectivity index (χ0n) is 14.2. The summed E-state index contributed by atoms with van der Waals surface area (Å²) in [6.45, 7) is 4.23. The highest BCUT2D eigenvalue weighted by atomic mass is 19.1. The molecule has 0 aromatic heterocycles. The lowest BCUT2D eigenvalue weighted by molar-refractivity contribution is -0.117. The maximum absolute atomic E-state index is 13.3. The largest absolute Gasteiger partial charge is 0.333 e. The number of rotatable bonds is 3. The van der Waals surface area contributed by atoms with Gasteiger partial charge in [0.15, 0.2) is 0 Å². The van der Waals surface area contributed by atoms with Gasteiger partial charge in [0.1, 0.15) is 5.82 Å². The quantitative estimate of drug-likeness (QED) is 0.899. The fourth-order valence-corrected chi connectivity index (χ4v) is 3.00. The Morgan fingerprint density at radius 3 is 2.72 bits per heavy atom. The van der Waals surface area contributed by atoms with Crippen LogP contribution in [-0.4, -0.2) is 24.5 Å². The first-order valence-corrected chi connectivity index (χ1v) is 8.13. The predicted octanol–water partition coefficient (Wildman–Crippen LogP) is 3.37. The monoisotopic (exact) mass is 341 g/mol. The van der Waals surface area contributed by atoms with Crippen LogP contribution < -0.4 is 15.5 Å². The fraction of sp³-hybridized carbons (Fsp3) is 0.263. The molecule has 3 rings (SSSR count). The molecule has 2 N–H and O–H groups in total. The number of nitrogens with one attached hydrogen (secondary N) is 2. The Morgan fingerprint density at radius 2 is 2.00 bits per heavy atom. The molecule has 3 amide bonds. The molecule has 6 heteroatoms. The van der Waals surface area contributed by atoms with Gasteiger partial charge >= 0.3 is 6.03 Å². The third-order valence-corrected chi connectivity index (χ3v) is 4.21. The number of halogens is 1. The summed E-state index contributed by atoms with van der Waals surface area (Å²) in [4.78, 5) is 25.8. The Balaban J connectivity index is 1.62. The molecular formula is C19H20FN3O2. The van der Waals surface area contributed by atoms with E-state index in [1.54, 1.807) is 12.1 Å². The first-order valence-electron chi connectivity index (χ1n) is 8.13. The van der Waals surface area contributed by atoms with Gasteiger partial charge in [0.25, 0.3) is 0 Å². The van der Waals surface area contributed by atoms with E-state index in [1.807, 2.05) is 32.0 Å². The second-order valence-corrected chi connectivity index (χ2v) is 6.30. The number of benzene rings is 2. The van der Waals surface area contributed by atoms with Gasteiger partial charge in [0.2, 0.25) is 5.91 Å². The molecule has 0 spiro atoms. The van der Waals surface area contributed by atoms with Gasteiger partial charge in [-0.3, -0.25) is 4.79 Å². The van der Waals surface area contributed by atoms with Crippen LogP contribution in [-0.2, 0) is 4.79 Å². The molecule has 1 fully saturated rings. The topological polar surface area (TPSA) is 61.4 Å². The van der Waals surface area contributed by atoms with Gasteiger partial charge in [-0.15, -0.1) is 0 Å². The molecule has 0 saturated carbocycles. The maximum Gasteiger partial charge on any atom is 0.319 e. The van der Waals surface area contributed by atoms with Crippen molar-refractivity contribution in [1.82, 2.24) is 5.32 Å². The molecular weight excluding hydrogens is 321 g/mol. The molecule has 1 aliphatic heterocycles. The van der Waals surface area contributed by atoms with Crippen LogP contribution in [0.25, 0.3) is 0 Å². The number of urea groups is 1. The number of hydrogen-bond acceptors (Lipinski definition) is 2. The third kappa shape index (κ3) is 3.96. The lowest BCUT2D eigenvalue weighted by Gasteiger charge is -2.18. The molecule has 0 radical (unpaired) electrons. The average molecular weight is 341 g/mol. The van der Waals surface area contributed by atoms with Gasteiger partial charge in [-0.2, -0.15) is 0 Å². The molecule has 2 aromatic carbocycles. The zero-order valence-corrected chi connectivity index (χ0v) is 14.2. The smallest absolute Gasteiger partial charge is 0.319 e. The first-order chi connectivity index (χ1) is 11.9. The summed E-state index contributed by atoms with van der Waals surface area (Å²) in [5.41, 5.74) is 3.33. The van der Waals surface area contributed by atoms with Crippen molar-refractivity contribution >= 4 is 23.3 Å². The van der Waals surface area contributed by atoms with Crippen molar-refractivity contribution in [3.05, 3.63) is 59.4 Å². The molecule has 1 atom stereocenters. The lowest BCUT2D eigenvalue weighted by atomic mass is 10.1. The second kappa shape index (κ2) is 6.93. The minimum Gasteiger partial charge on any atom is -0.333 e. The molecule has 0 aliphatic carbocycles. The Bertz CT molecular complexity index is 822. The van der Waals surface area contributed by atoms with Crippen molar-refractivity contribution in [2.75, 3.05) is 16.8 Å². The summed E-state index contributed by atoms with van der Waals surface area (Å²) in [5.74, 6) is -0.531. The fourth-order valence-electron chi connectivity index (χ4n) is 3.00. The number of carbonyl (C=O) groups is 2. The van der Waals surface area contributed by atoms with Crippen LogP contribution in [0.2, 0.25) is 0 Å². The van der Waals surface area contributed by atoms with E-state index in [2.05, 4.69) is 10.6 Å². The van der Waals surface area contributed by atoms with E-state index in [9.17, 15) is 14.0 Å². The van der Waals surface area contributed by atoms with E-state index >= 15 is 0 Å². The molecule has 1 aliphatic rings. The number of amides is 3. The predicted molar refractivity (Wildman–Crippen MR) is 95.2 cm³/mol. The van der Waals surface area contributed by atoms with Crippen molar-refractivity contribution in [2.45, 2.75) is 26.3 Å². The Morgan fingerprint density at radius 1 is 1.20 bits per heavy atom. The van der Waals surface area contributed by atoms with Gasteiger partial charge in [-0.05, 0) is 43.7 Å². The molecule has 130 valence electrons. The summed E-state index contributed by atoms with van der Waals surface area (Å²) < 4.78 is 13.3. The number of aryl methyl sites for hydroxylation is 2. The molecule has 1 heterocycles. The van der Waals surface area contributed by atoms with Gasteiger partial charge in [-0.25, -0.2) is 9.18 Å². The van der Waals surface area contributed by atoms with Crippen LogP contribution in [0.1, 0.15) is 17.5 Å². The van der Waals surface area contributed by atoms with E-state index < -0.39 is 5.82 Å². The van der Waals surface area contributed by atoms with Gasteiger partial charge < -0.3 is 15.5 Å². The summed E-state index contributed by atoms with van der Waals surface area (Å²) in [6, 6.07) is 11.0. The zero-order chi connectivity index (χ0) is 18.0. The van der Waals surface area contributed by atoms with E-state index in [0.29, 0.717) is 12.2 Å². The third-order valence-electron chi connectivity index (χ3n) is 4.21. The van der Waals surface area contributed by atoms with E-state index in [4.69, 9.17) is 0 Å². The number of nitrogens with zero attached hydrogens (tertiary/aromatic N) is 1. The van der Waals surface area contributed by atoms with Crippen LogP contribution >= 0.6 is 0 Å². The first kappa shape index (κ1) is 17.0. The molecule has 5 nitrogen and oxygen atoms in total. The van der Waals surface area contributed by atoms with Crippen LogP contribution in [0.4, 0.5) is 20.6 Å². The Kier molecular flexibility index (Phi) is 4.70. The molecule has 25 heavy (non-hydrogen) atoms. The van der Waals surface area contributed by atoms with Gasteiger partial charge in [-0.1, -0.05) is 23.8 Å². The number of anilines is 2. The highest BCUT2D eigenvalue weighted by Crippen LogP contribution is 2.22. The van der Waals surface area contributed by atoms with Crippen molar-refractivity contribution in [2.24, 2.45) is 0 Å². The van der Waals surface area contributed by atoms with Crippen LogP contribution in [0.15, 0.2) is 42.5 Å². The minimum absolute atomic E-state index is 0.137. The molecule has 1 unspecified atom stereocenters. The summed E-state index contributed by atoms with van der Waals surface area (Å²) in [5, 5.41) is 5.61. The number of carbonyl (C=O) groups excluding carboxylic acids is 2. The van der Waals surface area contributed by atoms with Crippen LogP contribution in [0.5, 0.6) is 0 Å². The van der Waals surface area contributed by atoms with Crippen molar-refractivity contribution in [3.63, 3.8) is 0 Å². The van der Waals surface area contributed by atoms with E-state index in [1.165, 1.54) is 17.0 Å². The second-order valence-electron chi connectivity index (χ2n) is 6.30.